The number of rotatable bonds is 6. The zero-order chi connectivity index (χ0) is 30.5. The van der Waals surface area contributed by atoms with Gasteiger partial charge in [-0.25, -0.2) is 18.0 Å². The number of likely N-dealkylation sites (tertiary alicyclic amines) is 1. The van der Waals surface area contributed by atoms with Gasteiger partial charge in [-0.1, -0.05) is 12.5 Å². The molecule has 0 atom stereocenters. The summed E-state index contributed by atoms with van der Waals surface area (Å²) in [4.78, 5) is 25.9. The summed E-state index contributed by atoms with van der Waals surface area (Å²) in [5.41, 5.74) is 3.59. The molecule has 226 valence electrons. The minimum atomic E-state index is -5.08. The zero-order valence-corrected chi connectivity index (χ0v) is 24.1. The van der Waals surface area contributed by atoms with Crippen LogP contribution >= 0.6 is 0 Å². The molecule has 2 saturated heterocycles. The first kappa shape index (κ1) is 32.2. The Kier molecular flexibility index (Phi) is 10.3. The summed E-state index contributed by atoms with van der Waals surface area (Å²) >= 11 is 0. The number of aromatic carboxylic acids is 1. The first-order chi connectivity index (χ1) is 19.1. The molecule has 2 aliphatic rings. The van der Waals surface area contributed by atoms with Crippen LogP contribution < -0.4 is 9.62 Å². The summed E-state index contributed by atoms with van der Waals surface area (Å²) < 4.78 is 60.5. The SMILES string of the molecule is Cc1cc(C)c(S(=O)(=O)Nc2ccc(N3CCC(N4CCCCC4)CC3)c(C(=O)O)c2)cc1C.O=C(O)C(F)(F)F. The standard InChI is InChI=1S/C26H35N3O4S.C2HF3O2/c1-18-15-20(3)25(16-19(18)2)34(32,33)27-21-7-8-24(23(17-21)26(30)31)29-13-9-22(10-14-29)28-11-5-4-6-12-28;3-2(4,5)1(6)7/h7-8,15-17,22,27H,4-6,9-14H2,1-3H3,(H,30,31);(H,6,7). The second-order valence-corrected chi connectivity index (χ2v) is 12.1. The highest BCUT2D eigenvalue weighted by molar-refractivity contribution is 7.92. The van der Waals surface area contributed by atoms with Gasteiger partial charge < -0.3 is 20.0 Å². The average molecular weight is 600 g/mol. The molecule has 0 aromatic heterocycles. The van der Waals surface area contributed by atoms with Crippen LogP contribution in [0.25, 0.3) is 0 Å². The van der Waals surface area contributed by atoms with Crippen LogP contribution in [0.5, 0.6) is 0 Å². The Labute approximate surface area is 238 Å². The first-order valence-electron chi connectivity index (χ1n) is 13.4. The van der Waals surface area contributed by atoms with Crippen molar-refractivity contribution in [3.05, 3.63) is 52.6 Å². The van der Waals surface area contributed by atoms with Crippen LogP contribution in [0.4, 0.5) is 24.5 Å². The normalized spacial score (nSPS) is 17.0. The van der Waals surface area contributed by atoms with Crippen molar-refractivity contribution in [1.82, 2.24) is 4.90 Å². The highest BCUT2D eigenvalue weighted by atomic mass is 32.2. The average Bonchev–Trinajstić information content (AvgIpc) is 2.91. The van der Waals surface area contributed by atoms with Gasteiger partial charge in [-0.3, -0.25) is 4.72 Å². The second kappa shape index (κ2) is 13.1. The van der Waals surface area contributed by atoms with Crippen molar-refractivity contribution in [2.45, 2.75) is 70.0 Å². The van der Waals surface area contributed by atoms with Crippen molar-refractivity contribution in [1.29, 1.82) is 0 Å². The number of nitrogens with zero attached hydrogens (tertiary/aromatic N) is 2. The molecular formula is C28H36F3N3O6S. The van der Waals surface area contributed by atoms with Gasteiger partial charge in [-0.2, -0.15) is 13.2 Å². The van der Waals surface area contributed by atoms with E-state index in [0.717, 1.165) is 37.1 Å². The van der Waals surface area contributed by atoms with Crippen molar-refractivity contribution in [3.8, 4) is 0 Å². The number of hydrogen-bond acceptors (Lipinski definition) is 6. The number of piperidine rings is 2. The summed E-state index contributed by atoms with van der Waals surface area (Å²) in [6, 6.07) is 8.90. The molecule has 41 heavy (non-hydrogen) atoms. The number of nitrogens with one attached hydrogen (secondary N) is 1. The lowest BCUT2D eigenvalue weighted by molar-refractivity contribution is -0.192. The molecule has 2 heterocycles. The Morgan fingerprint density at radius 3 is 1.98 bits per heavy atom. The van der Waals surface area contributed by atoms with Crippen molar-refractivity contribution >= 4 is 33.3 Å². The molecule has 0 radical (unpaired) electrons. The molecule has 2 aromatic carbocycles. The van der Waals surface area contributed by atoms with Gasteiger partial charge in [-0.15, -0.1) is 0 Å². The Morgan fingerprint density at radius 2 is 1.44 bits per heavy atom. The quantitative estimate of drug-likeness (QED) is 0.414. The fraction of sp³-hybridized carbons (Fsp3) is 0.500. The number of carbonyl (C=O) groups is 2. The summed E-state index contributed by atoms with van der Waals surface area (Å²) in [6.07, 6.45) is 0.792. The summed E-state index contributed by atoms with van der Waals surface area (Å²) in [7, 11) is -3.85. The Morgan fingerprint density at radius 1 is 0.878 bits per heavy atom. The van der Waals surface area contributed by atoms with Gasteiger partial charge in [0.05, 0.1) is 16.1 Å². The number of anilines is 2. The first-order valence-corrected chi connectivity index (χ1v) is 14.9. The molecule has 4 rings (SSSR count). The van der Waals surface area contributed by atoms with Crippen LogP contribution in [0.2, 0.25) is 0 Å². The number of aliphatic carboxylic acids is 1. The largest absolute Gasteiger partial charge is 0.490 e. The van der Waals surface area contributed by atoms with E-state index in [2.05, 4.69) is 14.5 Å². The van der Waals surface area contributed by atoms with Crippen molar-refractivity contribution < 1.29 is 41.4 Å². The van der Waals surface area contributed by atoms with E-state index in [-0.39, 0.29) is 16.1 Å². The van der Waals surface area contributed by atoms with Gasteiger partial charge >= 0.3 is 18.1 Å². The molecule has 2 fully saturated rings. The molecule has 0 unspecified atom stereocenters. The van der Waals surface area contributed by atoms with E-state index in [9.17, 15) is 31.5 Å². The van der Waals surface area contributed by atoms with E-state index in [4.69, 9.17) is 9.90 Å². The predicted molar refractivity (Wildman–Crippen MR) is 149 cm³/mol. The highest BCUT2D eigenvalue weighted by Gasteiger charge is 2.38. The van der Waals surface area contributed by atoms with E-state index < -0.39 is 28.1 Å². The third-order valence-corrected chi connectivity index (χ3v) is 9.04. The molecule has 0 spiro atoms. The van der Waals surface area contributed by atoms with Gasteiger partial charge in [-0.05, 0) is 100 Å². The number of carboxylic acids is 2. The summed E-state index contributed by atoms with van der Waals surface area (Å²) in [6.45, 7) is 9.52. The molecular weight excluding hydrogens is 563 g/mol. The lowest BCUT2D eigenvalue weighted by atomic mass is 9.98. The Bertz CT molecular complexity index is 1370. The maximum Gasteiger partial charge on any atom is 0.490 e. The van der Waals surface area contributed by atoms with Gasteiger partial charge in [0.25, 0.3) is 10.0 Å². The molecule has 0 amide bonds. The maximum absolute atomic E-state index is 13.1. The monoisotopic (exact) mass is 599 g/mol. The number of aryl methyl sites for hydroxylation is 3. The van der Waals surface area contributed by atoms with Crippen LogP contribution in [0.15, 0.2) is 35.2 Å². The minimum Gasteiger partial charge on any atom is -0.478 e. The van der Waals surface area contributed by atoms with Crippen LogP contribution in [-0.4, -0.2) is 73.9 Å². The van der Waals surface area contributed by atoms with Crippen LogP contribution in [0.3, 0.4) is 0 Å². The van der Waals surface area contributed by atoms with Crippen molar-refractivity contribution in [2.24, 2.45) is 0 Å². The van der Waals surface area contributed by atoms with E-state index in [1.807, 2.05) is 19.9 Å². The molecule has 0 aliphatic carbocycles. The number of alkyl halides is 3. The summed E-state index contributed by atoms with van der Waals surface area (Å²) in [5.74, 6) is -3.82. The lowest BCUT2D eigenvalue weighted by Gasteiger charge is -2.41. The molecule has 9 nitrogen and oxygen atoms in total. The van der Waals surface area contributed by atoms with Gasteiger partial charge in [0.1, 0.15) is 0 Å². The number of halogens is 3. The molecule has 3 N–H and O–H groups in total. The maximum atomic E-state index is 13.1. The Balaban J connectivity index is 0.000000587. The number of hydrogen-bond donors (Lipinski definition) is 3. The van der Waals surface area contributed by atoms with Gasteiger partial charge in [0.15, 0.2) is 0 Å². The van der Waals surface area contributed by atoms with Gasteiger partial charge in [0.2, 0.25) is 0 Å². The fourth-order valence-corrected chi connectivity index (χ4v) is 6.60. The van der Waals surface area contributed by atoms with Crippen LogP contribution in [0.1, 0.15) is 59.2 Å². The lowest BCUT2D eigenvalue weighted by Crippen LogP contribution is -2.47. The number of benzene rings is 2. The van der Waals surface area contributed by atoms with Crippen LogP contribution in [-0.2, 0) is 14.8 Å². The highest BCUT2D eigenvalue weighted by Crippen LogP contribution is 2.31. The van der Waals surface area contributed by atoms with E-state index in [0.29, 0.717) is 17.3 Å². The number of carboxylic acid groups (broad SMARTS) is 2. The predicted octanol–water partition coefficient (Wildman–Crippen LogP) is 5.20. The molecule has 2 aliphatic heterocycles. The Hall–Kier alpha value is -3.32. The third kappa shape index (κ3) is 8.35. The molecule has 13 heteroatoms. The number of sulfonamides is 1. The smallest absolute Gasteiger partial charge is 0.478 e. The fourth-order valence-electron chi connectivity index (χ4n) is 5.24. The molecule has 0 saturated carbocycles. The minimum absolute atomic E-state index is 0.119. The molecule has 2 aromatic rings. The summed E-state index contributed by atoms with van der Waals surface area (Å²) in [5, 5.41) is 17.0. The topological polar surface area (TPSA) is 127 Å². The van der Waals surface area contributed by atoms with Crippen molar-refractivity contribution in [3.63, 3.8) is 0 Å². The zero-order valence-electron chi connectivity index (χ0n) is 23.3. The molecule has 0 bridgehead atoms. The van der Waals surface area contributed by atoms with Crippen molar-refractivity contribution in [2.75, 3.05) is 35.8 Å². The van der Waals surface area contributed by atoms with E-state index >= 15 is 0 Å². The van der Waals surface area contributed by atoms with Gasteiger partial charge in [0, 0.05) is 24.8 Å². The van der Waals surface area contributed by atoms with E-state index in [1.165, 1.54) is 38.4 Å². The third-order valence-electron chi connectivity index (χ3n) is 7.51. The second-order valence-electron chi connectivity index (χ2n) is 10.5. The van der Waals surface area contributed by atoms with E-state index in [1.54, 1.807) is 25.1 Å². The van der Waals surface area contributed by atoms with Crippen LogP contribution in [0, 0.1) is 20.8 Å².